The van der Waals surface area contributed by atoms with Gasteiger partial charge in [-0.15, -0.1) is 0 Å². The Bertz CT molecular complexity index is 1490. The average Bonchev–Trinajstić information content (AvgIpc) is 2.78. The maximum absolute atomic E-state index is 13.8. The molecule has 2 N–H and O–H groups in total. The molecular formula is C24H21FN4O3S. The van der Waals surface area contributed by atoms with Gasteiger partial charge < -0.3 is 10.6 Å². The number of hydrogen-bond acceptors (Lipinski definition) is 6. The quantitative estimate of drug-likeness (QED) is 0.480. The molecule has 4 rings (SSSR count). The van der Waals surface area contributed by atoms with Gasteiger partial charge in [-0.1, -0.05) is 24.3 Å². The normalized spacial score (nSPS) is 11.5. The number of anilines is 2. The summed E-state index contributed by atoms with van der Waals surface area (Å²) in [5.74, 6) is -1.23. The minimum absolute atomic E-state index is 0.0325. The second kappa shape index (κ2) is 8.59. The lowest BCUT2D eigenvalue weighted by Gasteiger charge is -2.25. The van der Waals surface area contributed by atoms with Crippen molar-refractivity contribution < 1.29 is 17.6 Å². The van der Waals surface area contributed by atoms with Gasteiger partial charge >= 0.3 is 0 Å². The molecule has 7 nitrogen and oxygen atoms in total. The molecule has 0 radical (unpaired) electrons. The van der Waals surface area contributed by atoms with Gasteiger partial charge in [-0.3, -0.25) is 9.78 Å². The van der Waals surface area contributed by atoms with Gasteiger partial charge in [0.2, 0.25) is 0 Å². The van der Waals surface area contributed by atoms with Crippen molar-refractivity contribution in [3.05, 3.63) is 89.5 Å². The number of carbonyl (C=O) groups excluding carboxylic acids is 1. The van der Waals surface area contributed by atoms with Crippen molar-refractivity contribution in [1.82, 2.24) is 9.97 Å². The van der Waals surface area contributed by atoms with Crippen molar-refractivity contribution in [2.45, 2.75) is 18.4 Å². The van der Waals surface area contributed by atoms with E-state index in [0.29, 0.717) is 27.7 Å². The molecule has 0 unspecified atom stereocenters. The largest absolute Gasteiger partial charge is 0.381 e. The molecule has 0 aliphatic heterocycles. The van der Waals surface area contributed by atoms with Gasteiger partial charge in [-0.05, 0) is 48.9 Å². The lowest BCUT2D eigenvalue weighted by molar-refractivity contribution is 0.0983. The van der Waals surface area contributed by atoms with E-state index >= 15 is 0 Å². The number of carbonyl (C=O) groups is 1. The minimum Gasteiger partial charge on any atom is -0.381 e. The van der Waals surface area contributed by atoms with Crippen molar-refractivity contribution in [1.29, 1.82) is 0 Å². The number of nitrogens with two attached hydrogens (primary N) is 1. The summed E-state index contributed by atoms with van der Waals surface area (Å²) in [6.45, 7) is 1.76. The van der Waals surface area contributed by atoms with Crippen LogP contribution in [-0.4, -0.2) is 30.5 Å². The molecule has 1 amide bonds. The number of sulfone groups is 1. The third kappa shape index (κ3) is 4.54. The van der Waals surface area contributed by atoms with Crippen LogP contribution in [0.25, 0.3) is 10.9 Å². The molecule has 0 fully saturated rings. The number of para-hydroxylation sites is 1. The van der Waals surface area contributed by atoms with E-state index in [-0.39, 0.29) is 22.9 Å². The predicted octanol–water partition coefficient (Wildman–Crippen LogP) is 3.91. The Hall–Kier alpha value is -3.85. The van der Waals surface area contributed by atoms with Crippen LogP contribution in [-0.2, 0) is 16.4 Å². The first-order valence-corrected chi connectivity index (χ1v) is 11.9. The highest BCUT2D eigenvalue weighted by Crippen LogP contribution is 2.29. The zero-order valence-corrected chi connectivity index (χ0v) is 18.8. The van der Waals surface area contributed by atoms with E-state index in [1.165, 1.54) is 17.0 Å². The SMILES string of the molecule is Cc1ncccc1C(=O)N(Cc1ccc2cc(F)c(N)nc2c1)c1ccccc1S(C)(=O)=O. The molecule has 2 heterocycles. The lowest BCUT2D eigenvalue weighted by Crippen LogP contribution is -2.32. The summed E-state index contributed by atoms with van der Waals surface area (Å²) in [6, 6.07) is 16.0. The van der Waals surface area contributed by atoms with Gasteiger partial charge in [-0.25, -0.2) is 17.8 Å². The van der Waals surface area contributed by atoms with Crippen LogP contribution in [0.3, 0.4) is 0 Å². The Morgan fingerprint density at radius 1 is 1.09 bits per heavy atom. The van der Waals surface area contributed by atoms with Crippen LogP contribution in [0.1, 0.15) is 21.6 Å². The highest BCUT2D eigenvalue weighted by Gasteiger charge is 2.25. The summed E-state index contributed by atoms with van der Waals surface area (Å²) in [6.07, 6.45) is 2.68. The standard InChI is InChI=1S/C24H21FN4O3S/c1-15-18(6-5-11-27-15)24(30)29(21-7-3-4-8-22(21)33(2,31)32)14-16-9-10-17-13-19(25)23(26)28-20(17)12-16/h3-13H,14H2,1-2H3,(H2,26,28). The number of fused-ring (bicyclic) bond motifs is 1. The van der Waals surface area contributed by atoms with Gasteiger partial charge in [0.25, 0.3) is 5.91 Å². The topological polar surface area (TPSA) is 106 Å². The number of rotatable bonds is 5. The summed E-state index contributed by atoms with van der Waals surface area (Å²) in [5, 5.41) is 0.558. The van der Waals surface area contributed by atoms with Gasteiger partial charge in [-0.2, -0.15) is 0 Å². The summed E-state index contributed by atoms with van der Waals surface area (Å²) in [7, 11) is -3.62. The van der Waals surface area contributed by atoms with Gasteiger partial charge in [0, 0.05) is 23.5 Å². The molecule has 0 spiro atoms. The van der Waals surface area contributed by atoms with E-state index in [1.807, 2.05) is 0 Å². The zero-order valence-electron chi connectivity index (χ0n) is 18.0. The number of aromatic nitrogens is 2. The zero-order chi connectivity index (χ0) is 23.8. The monoisotopic (exact) mass is 464 g/mol. The van der Waals surface area contributed by atoms with Crippen LogP contribution in [0, 0.1) is 12.7 Å². The smallest absolute Gasteiger partial charge is 0.260 e. The summed E-state index contributed by atoms with van der Waals surface area (Å²) < 4.78 is 38.7. The molecular weight excluding hydrogens is 443 g/mol. The maximum atomic E-state index is 13.8. The number of nitrogens with zero attached hydrogens (tertiary/aromatic N) is 3. The molecule has 33 heavy (non-hydrogen) atoms. The van der Waals surface area contributed by atoms with E-state index in [0.717, 1.165) is 6.26 Å². The van der Waals surface area contributed by atoms with E-state index in [4.69, 9.17) is 5.73 Å². The summed E-state index contributed by atoms with van der Waals surface area (Å²) in [4.78, 5) is 23.3. The molecule has 168 valence electrons. The van der Waals surface area contributed by atoms with E-state index < -0.39 is 21.6 Å². The predicted molar refractivity (Wildman–Crippen MR) is 125 cm³/mol. The average molecular weight is 465 g/mol. The third-order valence-electron chi connectivity index (χ3n) is 5.24. The van der Waals surface area contributed by atoms with E-state index in [1.54, 1.807) is 61.7 Å². The van der Waals surface area contributed by atoms with E-state index in [2.05, 4.69) is 9.97 Å². The number of aryl methyl sites for hydroxylation is 1. The van der Waals surface area contributed by atoms with Crippen LogP contribution in [0.4, 0.5) is 15.9 Å². The Labute approximate surface area is 190 Å². The molecule has 0 bridgehead atoms. The molecule has 9 heteroatoms. The van der Waals surface area contributed by atoms with Crippen LogP contribution in [0.15, 0.2) is 71.8 Å². The summed E-state index contributed by atoms with van der Waals surface area (Å²) >= 11 is 0. The Morgan fingerprint density at radius 3 is 2.58 bits per heavy atom. The number of nitrogen functional groups attached to an aromatic ring is 1. The molecule has 4 aromatic rings. The van der Waals surface area contributed by atoms with Crippen molar-refractivity contribution in [2.75, 3.05) is 16.9 Å². The van der Waals surface area contributed by atoms with Crippen molar-refractivity contribution in [3.63, 3.8) is 0 Å². The van der Waals surface area contributed by atoms with Crippen LogP contribution >= 0.6 is 0 Å². The van der Waals surface area contributed by atoms with Crippen LogP contribution in [0.2, 0.25) is 0 Å². The Balaban J connectivity index is 1.85. The van der Waals surface area contributed by atoms with Gasteiger partial charge in [0.05, 0.1) is 28.2 Å². The third-order valence-corrected chi connectivity index (χ3v) is 6.39. The fraction of sp³-hybridized carbons (Fsp3) is 0.125. The molecule has 2 aromatic heterocycles. The molecule has 0 aliphatic carbocycles. The second-order valence-corrected chi connectivity index (χ2v) is 9.63. The first-order valence-electron chi connectivity index (χ1n) is 10.0. The molecule has 0 aliphatic rings. The number of hydrogen-bond donors (Lipinski definition) is 1. The highest BCUT2D eigenvalue weighted by molar-refractivity contribution is 7.90. The van der Waals surface area contributed by atoms with Gasteiger partial charge in [0.1, 0.15) is 0 Å². The fourth-order valence-electron chi connectivity index (χ4n) is 3.60. The Morgan fingerprint density at radius 2 is 1.85 bits per heavy atom. The molecule has 0 saturated carbocycles. The first kappa shape index (κ1) is 22.3. The maximum Gasteiger partial charge on any atom is 0.260 e. The lowest BCUT2D eigenvalue weighted by atomic mass is 10.1. The van der Waals surface area contributed by atoms with Crippen molar-refractivity contribution in [2.24, 2.45) is 0 Å². The molecule has 0 saturated heterocycles. The fourth-order valence-corrected chi connectivity index (χ4v) is 4.48. The van der Waals surface area contributed by atoms with Crippen molar-refractivity contribution >= 4 is 38.2 Å². The van der Waals surface area contributed by atoms with Gasteiger partial charge in [0.15, 0.2) is 21.5 Å². The van der Waals surface area contributed by atoms with Crippen molar-refractivity contribution in [3.8, 4) is 0 Å². The summed E-state index contributed by atoms with van der Waals surface area (Å²) in [5.41, 5.74) is 7.87. The van der Waals surface area contributed by atoms with Crippen LogP contribution in [0.5, 0.6) is 0 Å². The van der Waals surface area contributed by atoms with E-state index in [9.17, 15) is 17.6 Å². The Kier molecular flexibility index (Phi) is 5.82. The van der Waals surface area contributed by atoms with Crippen LogP contribution < -0.4 is 10.6 Å². The minimum atomic E-state index is -3.62. The first-order chi connectivity index (χ1) is 15.6. The highest BCUT2D eigenvalue weighted by atomic mass is 32.2. The second-order valence-electron chi connectivity index (χ2n) is 7.65. The number of halogens is 1. The number of benzene rings is 2. The number of amides is 1. The molecule has 0 atom stereocenters. The molecule has 2 aromatic carbocycles. The number of pyridine rings is 2.